The van der Waals surface area contributed by atoms with E-state index in [9.17, 15) is 0 Å². The summed E-state index contributed by atoms with van der Waals surface area (Å²) in [5, 5.41) is 11.5. The Hall–Kier alpha value is -3.68. The van der Waals surface area contributed by atoms with Crippen molar-refractivity contribution in [2.45, 2.75) is 6.61 Å². The van der Waals surface area contributed by atoms with Crippen LogP contribution < -0.4 is 9.47 Å². The topological polar surface area (TPSA) is 96.3 Å². The molecule has 0 N–H and O–H groups in total. The largest absolute Gasteiger partial charge is 0.496 e. The minimum Gasteiger partial charge on any atom is -0.496 e. The van der Waals surface area contributed by atoms with Crippen LogP contribution in [0.25, 0.3) is 22.8 Å². The molecule has 0 bridgehead atoms. The zero-order valence-electron chi connectivity index (χ0n) is 13.8. The summed E-state index contributed by atoms with van der Waals surface area (Å²) in [6.07, 6.45) is 1.29. The Morgan fingerprint density at radius 1 is 1.04 bits per heavy atom. The quantitative estimate of drug-likeness (QED) is 0.522. The first-order chi connectivity index (χ1) is 12.8. The summed E-state index contributed by atoms with van der Waals surface area (Å²) >= 11 is 0. The van der Waals surface area contributed by atoms with E-state index in [1.165, 1.54) is 6.39 Å². The van der Waals surface area contributed by atoms with E-state index in [4.69, 9.17) is 18.4 Å². The fourth-order valence-electron chi connectivity index (χ4n) is 2.39. The van der Waals surface area contributed by atoms with Gasteiger partial charge in [0.05, 0.1) is 12.7 Å². The normalized spacial score (nSPS) is 10.7. The lowest BCUT2D eigenvalue weighted by molar-refractivity contribution is 0.243. The molecule has 0 fully saturated rings. The van der Waals surface area contributed by atoms with Crippen molar-refractivity contribution in [3.05, 3.63) is 60.8 Å². The molecule has 2 heterocycles. The molecule has 0 unspecified atom stereocenters. The highest BCUT2D eigenvalue weighted by molar-refractivity contribution is 5.63. The molecule has 26 heavy (non-hydrogen) atoms. The predicted molar refractivity (Wildman–Crippen MR) is 90.4 cm³/mol. The number of methoxy groups -OCH3 is 1. The summed E-state index contributed by atoms with van der Waals surface area (Å²) in [5.41, 5.74) is 1.57. The molecule has 8 heteroatoms. The molecular formula is C18H14N4O4. The molecule has 0 aliphatic carbocycles. The molecule has 8 nitrogen and oxygen atoms in total. The standard InChI is InChI=1S/C18H14N4O4/c1-23-15-5-3-2-4-14(15)17-20-16(26-22-17)10-24-13-8-6-12(7-9-13)18-21-19-11-25-18/h2-9,11H,10H2,1H3. The smallest absolute Gasteiger partial charge is 0.264 e. The monoisotopic (exact) mass is 350 g/mol. The number of hydrogen-bond acceptors (Lipinski definition) is 8. The van der Waals surface area contributed by atoms with Crippen LogP contribution in [0.4, 0.5) is 0 Å². The average Bonchev–Trinajstić information content (AvgIpc) is 3.39. The maximum Gasteiger partial charge on any atom is 0.264 e. The number of benzene rings is 2. The Morgan fingerprint density at radius 2 is 1.88 bits per heavy atom. The molecule has 0 radical (unpaired) electrons. The first kappa shape index (κ1) is 15.8. The van der Waals surface area contributed by atoms with Crippen molar-refractivity contribution in [2.75, 3.05) is 7.11 Å². The Morgan fingerprint density at radius 3 is 2.65 bits per heavy atom. The zero-order valence-corrected chi connectivity index (χ0v) is 13.8. The van der Waals surface area contributed by atoms with E-state index in [1.807, 2.05) is 36.4 Å². The first-order valence-electron chi connectivity index (χ1n) is 7.79. The highest BCUT2D eigenvalue weighted by atomic mass is 16.5. The van der Waals surface area contributed by atoms with Gasteiger partial charge in [-0.15, -0.1) is 10.2 Å². The minimum atomic E-state index is 0.155. The molecule has 4 rings (SSSR count). The fraction of sp³-hybridized carbons (Fsp3) is 0.111. The van der Waals surface area contributed by atoms with Crippen LogP contribution in [-0.2, 0) is 6.61 Å². The average molecular weight is 350 g/mol. The summed E-state index contributed by atoms with van der Waals surface area (Å²) in [5.74, 6) is 2.61. The van der Waals surface area contributed by atoms with Crippen LogP contribution in [0.3, 0.4) is 0 Å². The van der Waals surface area contributed by atoms with E-state index in [0.29, 0.717) is 29.1 Å². The number of nitrogens with zero attached hydrogens (tertiary/aromatic N) is 4. The third-order valence-corrected chi connectivity index (χ3v) is 3.64. The van der Waals surface area contributed by atoms with Gasteiger partial charge in [-0.2, -0.15) is 4.98 Å². The van der Waals surface area contributed by atoms with Crippen LogP contribution >= 0.6 is 0 Å². The van der Waals surface area contributed by atoms with E-state index < -0.39 is 0 Å². The van der Waals surface area contributed by atoms with Crippen LogP contribution in [0, 0.1) is 0 Å². The van der Waals surface area contributed by atoms with E-state index in [-0.39, 0.29) is 6.61 Å². The Balaban J connectivity index is 1.43. The number of hydrogen-bond donors (Lipinski definition) is 0. The number of para-hydroxylation sites is 1. The van der Waals surface area contributed by atoms with Gasteiger partial charge in [-0.1, -0.05) is 17.3 Å². The molecule has 4 aromatic rings. The Labute approximate surface area is 148 Å². The molecular weight excluding hydrogens is 336 g/mol. The van der Waals surface area contributed by atoms with Crippen LogP contribution in [0.5, 0.6) is 11.5 Å². The molecule has 0 amide bonds. The predicted octanol–water partition coefficient (Wildman–Crippen LogP) is 3.37. The summed E-state index contributed by atoms with van der Waals surface area (Å²) in [4.78, 5) is 4.35. The SMILES string of the molecule is COc1ccccc1-c1noc(COc2ccc(-c3nnco3)cc2)n1. The van der Waals surface area contributed by atoms with E-state index >= 15 is 0 Å². The molecule has 0 atom stereocenters. The lowest BCUT2D eigenvalue weighted by Crippen LogP contribution is -1.96. The lowest BCUT2D eigenvalue weighted by Gasteiger charge is -2.04. The lowest BCUT2D eigenvalue weighted by atomic mass is 10.2. The van der Waals surface area contributed by atoms with Gasteiger partial charge in [0.25, 0.3) is 5.89 Å². The van der Waals surface area contributed by atoms with E-state index in [0.717, 1.165) is 11.1 Å². The summed E-state index contributed by atoms with van der Waals surface area (Å²) in [6.45, 7) is 0.155. The molecule has 0 aliphatic heterocycles. The van der Waals surface area contributed by atoms with Gasteiger partial charge in [0.1, 0.15) is 11.5 Å². The van der Waals surface area contributed by atoms with Crippen molar-refractivity contribution in [1.82, 2.24) is 20.3 Å². The summed E-state index contributed by atoms with van der Waals surface area (Å²) in [6, 6.07) is 14.7. The van der Waals surface area contributed by atoms with Gasteiger partial charge < -0.3 is 18.4 Å². The second kappa shape index (κ2) is 7.06. The highest BCUT2D eigenvalue weighted by Crippen LogP contribution is 2.27. The second-order valence-electron chi connectivity index (χ2n) is 5.27. The fourth-order valence-corrected chi connectivity index (χ4v) is 2.39. The molecule has 0 aliphatic rings. The van der Waals surface area contributed by atoms with Gasteiger partial charge in [-0.05, 0) is 36.4 Å². The van der Waals surface area contributed by atoms with Crippen LogP contribution in [0.15, 0.2) is 63.9 Å². The minimum absolute atomic E-state index is 0.155. The van der Waals surface area contributed by atoms with Crippen LogP contribution in [0.2, 0.25) is 0 Å². The molecule has 2 aromatic carbocycles. The van der Waals surface area contributed by atoms with Crippen LogP contribution in [-0.4, -0.2) is 27.4 Å². The molecule has 0 saturated heterocycles. The van der Waals surface area contributed by atoms with Crippen LogP contribution in [0.1, 0.15) is 5.89 Å². The van der Waals surface area contributed by atoms with Crippen molar-refractivity contribution in [3.63, 3.8) is 0 Å². The van der Waals surface area contributed by atoms with Crippen molar-refractivity contribution in [3.8, 4) is 34.3 Å². The van der Waals surface area contributed by atoms with Crippen molar-refractivity contribution < 1.29 is 18.4 Å². The molecule has 2 aromatic heterocycles. The van der Waals surface area contributed by atoms with Crippen molar-refractivity contribution in [1.29, 1.82) is 0 Å². The van der Waals surface area contributed by atoms with Gasteiger partial charge >= 0.3 is 0 Å². The number of aromatic nitrogens is 4. The maximum absolute atomic E-state index is 5.68. The zero-order chi connectivity index (χ0) is 17.8. The summed E-state index contributed by atoms with van der Waals surface area (Å²) in [7, 11) is 1.60. The first-order valence-corrected chi connectivity index (χ1v) is 7.79. The molecule has 130 valence electrons. The Bertz CT molecular complexity index is 981. The molecule has 0 saturated carbocycles. The van der Waals surface area contributed by atoms with Gasteiger partial charge in [0.2, 0.25) is 18.1 Å². The van der Waals surface area contributed by atoms with E-state index in [2.05, 4.69) is 20.3 Å². The number of ether oxygens (including phenoxy) is 2. The van der Waals surface area contributed by atoms with Gasteiger partial charge in [-0.25, -0.2) is 0 Å². The third kappa shape index (κ3) is 3.25. The second-order valence-corrected chi connectivity index (χ2v) is 5.27. The Kier molecular flexibility index (Phi) is 4.29. The van der Waals surface area contributed by atoms with Gasteiger partial charge in [0.15, 0.2) is 6.61 Å². The van der Waals surface area contributed by atoms with E-state index in [1.54, 1.807) is 19.2 Å². The van der Waals surface area contributed by atoms with Crippen molar-refractivity contribution in [2.24, 2.45) is 0 Å². The molecule has 0 spiro atoms. The van der Waals surface area contributed by atoms with Crippen molar-refractivity contribution >= 4 is 0 Å². The number of rotatable bonds is 6. The maximum atomic E-state index is 5.68. The highest BCUT2D eigenvalue weighted by Gasteiger charge is 2.13. The van der Waals surface area contributed by atoms with Gasteiger partial charge in [0, 0.05) is 5.56 Å². The van der Waals surface area contributed by atoms with Gasteiger partial charge in [-0.3, -0.25) is 0 Å². The summed E-state index contributed by atoms with van der Waals surface area (Å²) < 4.78 is 21.4. The third-order valence-electron chi connectivity index (χ3n) is 3.64.